The second kappa shape index (κ2) is 8.32. The zero-order valence-corrected chi connectivity index (χ0v) is 17.1. The second-order valence-electron chi connectivity index (χ2n) is 6.82. The van der Waals surface area contributed by atoms with E-state index in [0.29, 0.717) is 30.7 Å². The number of methoxy groups -OCH3 is 1. The van der Waals surface area contributed by atoms with Crippen LogP contribution in [-0.2, 0) is 14.8 Å². The van der Waals surface area contributed by atoms with Crippen LogP contribution in [0.4, 0.5) is 0 Å². The number of aryl methyl sites for hydroxylation is 1. The van der Waals surface area contributed by atoms with Gasteiger partial charge in [-0.25, -0.2) is 13.1 Å². The Hall–Kier alpha value is -2.39. The predicted octanol–water partition coefficient (Wildman–Crippen LogP) is 2.26. The Morgan fingerprint density at radius 2 is 2.11 bits per heavy atom. The summed E-state index contributed by atoms with van der Waals surface area (Å²) >= 11 is 0. The number of carbonyl (C=O) groups is 1. The molecule has 28 heavy (non-hydrogen) atoms. The molecular weight excluding hydrogens is 382 g/mol. The number of amides is 1. The van der Waals surface area contributed by atoms with E-state index in [-0.39, 0.29) is 23.1 Å². The molecule has 1 amide bonds. The number of likely N-dealkylation sites (tertiary alicyclic amines) is 1. The average Bonchev–Trinajstić information content (AvgIpc) is 3.24. The van der Waals surface area contributed by atoms with Crippen LogP contribution in [0.2, 0.25) is 0 Å². The van der Waals surface area contributed by atoms with Crippen molar-refractivity contribution in [3.8, 4) is 17.1 Å². The van der Waals surface area contributed by atoms with Crippen molar-refractivity contribution in [3.05, 3.63) is 29.5 Å². The quantitative estimate of drug-likeness (QED) is 0.674. The van der Waals surface area contributed by atoms with Crippen molar-refractivity contribution in [2.45, 2.75) is 38.0 Å². The lowest BCUT2D eigenvalue weighted by atomic mass is 10.1. The molecule has 152 valence electrons. The van der Waals surface area contributed by atoms with Gasteiger partial charge in [0.1, 0.15) is 10.6 Å². The van der Waals surface area contributed by atoms with E-state index in [1.807, 2.05) is 13.8 Å². The van der Waals surface area contributed by atoms with Gasteiger partial charge in [0.25, 0.3) is 0 Å². The van der Waals surface area contributed by atoms with Crippen molar-refractivity contribution in [2.24, 2.45) is 0 Å². The Morgan fingerprint density at radius 1 is 1.32 bits per heavy atom. The van der Waals surface area contributed by atoms with E-state index in [1.54, 1.807) is 17.0 Å². The van der Waals surface area contributed by atoms with Crippen molar-refractivity contribution in [1.29, 1.82) is 0 Å². The highest BCUT2D eigenvalue weighted by Gasteiger charge is 2.23. The molecule has 0 unspecified atom stereocenters. The van der Waals surface area contributed by atoms with Gasteiger partial charge in [-0.15, -0.1) is 0 Å². The standard InChI is InChI=1S/C19H25N3O5S/c1-13-14(2)21-27-19(13)15-7-8-16(26-3)17(12-15)28(24,25)20-9-5-11-22-10-4-6-18(22)23/h7-8,12,20H,4-6,9-11H2,1-3H3. The summed E-state index contributed by atoms with van der Waals surface area (Å²) in [6, 6.07) is 4.87. The zero-order chi connectivity index (χ0) is 20.3. The Morgan fingerprint density at radius 3 is 2.71 bits per heavy atom. The minimum Gasteiger partial charge on any atom is -0.495 e. The molecule has 0 aliphatic carbocycles. The van der Waals surface area contributed by atoms with Gasteiger partial charge in [0.05, 0.1) is 12.8 Å². The number of nitrogens with one attached hydrogen (secondary N) is 1. The highest BCUT2D eigenvalue weighted by Crippen LogP contribution is 2.32. The van der Waals surface area contributed by atoms with Gasteiger partial charge in [0, 0.05) is 37.2 Å². The van der Waals surface area contributed by atoms with Crippen molar-refractivity contribution in [1.82, 2.24) is 14.8 Å². The lowest BCUT2D eigenvalue weighted by Gasteiger charge is -2.16. The molecule has 1 aromatic heterocycles. The lowest BCUT2D eigenvalue weighted by molar-refractivity contribution is -0.127. The molecule has 1 aliphatic rings. The molecule has 9 heteroatoms. The summed E-state index contributed by atoms with van der Waals surface area (Å²) in [5.41, 5.74) is 2.23. The van der Waals surface area contributed by atoms with Crippen LogP contribution in [0.1, 0.15) is 30.5 Å². The van der Waals surface area contributed by atoms with Gasteiger partial charge in [-0.05, 0) is 44.9 Å². The van der Waals surface area contributed by atoms with Gasteiger partial charge in [-0.2, -0.15) is 0 Å². The fraction of sp³-hybridized carbons (Fsp3) is 0.474. The van der Waals surface area contributed by atoms with Gasteiger partial charge in [-0.3, -0.25) is 4.79 Å². The maximum absolute atomic E-state index is 12.8. The number of ether oxygens (including phenoxy) is 1. The number of rotatable bonds is 8. The van der Waals surface area contributed by atoms with Crippen molar-refractivity contribution >= 4 is 15.9 Å². The van der Waals surface area contributed by atoms with Crippen molar-refractivity contribution in [2.75, 3.05) is 26.7 Å². The molecule has 0 spiro atoms. The molecule has 1 aromatic carbocycles. The van der Waals surface area contributed by atoms with Crippen LogP contribution in [0.5, 0.6) is 5.75 Å². The smallest absolute Gasteiger partial charge is 0.244 e. The Balaban J connectivity index is 1.75. The SMILES string of the molecule is COc1ccc(-c2onc(C)c2C)cc1S(=O)(=O)NCCCN1CCCC1=O. The minimum atomic E-state index is -3.79. The molecule has 2 aromatic rings. The van der Waals surface area contributed by atoms with Gasteiger partial charge in [0.2, 0.25) is 15.9 Å². The lowest BCUT2D eigenvalue weighted by Crippen LogP contribution is -2.30. The van der Waals surface area contributed by atoms with E-state index in [0.717, 1.165) is 24.2 Å². The normalized spacial score (nSPS) is 14.7. The molecule has 8 nitrogen and oxygen atoms in total. The molecule has 0 saturated carbocycles. The fourth-order valence-corrected chi connectivity index (χ4v) is 4.47. The first-order chi connectivity index (χ1) is 13.3. The largest absolute Gasteiger partial charge is 0.495 e. The first-order valence-corrected chi connectivity index (χ1v) is 10.7. The topological polar surface area (TPSA) is 102 Å². The molecule has 1 aliphatic heterocycles. The van der Waals surface area contributed by atoms with Crippen LogP contribution in [0.15, 0.2) is 27.6 Å². The van der Waals surface area contributed by atoms with Crippen LogP contribution in [0, 0.1) is 13.8 Å². The summed E-state index contributed by atoms with van der Waals surface area (Å²) in [7, 11) is -2.36. The number of benzene rings is 1. The minimum absolute atomic E-state index is 0.0400. The Kier molecular flexibility index (Phi) is 6.04. The monoisotopic (exact) mass is 407 g/mol. The summed E-state index contributed by atoms with van der Waals surface area (Å²) in [6.45, 7) is 5.24. The van der Waals surface area contributed by atoms with E-state index in [1.165, 1.54) is 13.2 Å². The third-order valence-electron chi connectivity index (χ3n) is 4.94. The molecule has 0 atom stereocenters. The Labute approximate surface area is 164 Å². The molecule has 0 bridgehead atoms. The fourth-order valence-electron chi connectivity index (χ4n) is 3.21. The van der Waals surface area contributed by atoms with E-state index in [4.69, 9.17) is 9.26 Å². The third-order valence-corrected chi connectivity index (χ3v) is 6.42. The predicted molar refractivity (Wildman–Crippen MR) is 104 cm³/mol. The first kappa shape index (κ1) is 20.3. The van der Waals surface area contributed by atoms with Crippen LogP contribution in [0.3, 0.4) is 0 Å². The molecule has 2 heterocycles. The third kappa shape index (κ3) is 4.20. The second-order valence-corrected chi connectivity index (χ2v) is 8.56. The van der Waals surface area contributed by atoms with Gasteiger partial charge in [0.15, 0.2) is 5.76 Å². The number of nitrogens with zero attached hydrogens (tertiary/aromatic N) is 2. The highest BCUT2D eigenvalue weighted by atomic mass is 32.2. The number of hydrogen-bond acceptors (Lipinski definition) is 6. The number of carbonyl (C=O) groups excluding carboxylic acids is 1. The van der Waals surface area contributed by atoms with Gasteiger partial charge >= 0.3 is 0 Å². The zero-order valence-electron chi connectivity index (χ0n) is 16.3. The van der Waals surface area contributed by atoms with E-state index < -0.39 is 10.0 Å². The molecule has 1 saturated heterocycles. The summed E-state index contributed by atoms with van der Waals surface area (Å²) in [5, 5.41) is 3.93. The van der Waals surface area contributed by atoms with Crippen LogP contribution >= 0.6 is 0 Å². The van der Waals surface area contributed by atoms with Crippen molar-refractivity contribution in [3.63, 3.8) is 0 Å². The molecule has 0 radical (unpaired) electrons. The highest BCUT2D eigenvalue weighted by molar-refractivity contribution is 7.89. The Bertz CT molecular complexity index is 968. The van der Waals surface area contributed by atoms with Gasteiger partial charge in [-0.1, -0.05) is 5.16 Å². The van der Waals surface area contributed by atoms with Gasteiger partial charge < -0.3 is 14.2 Å². The maximum atomic E-state index is 12.8. The van der Waals surface area contributed by atoms with Crippen LogP contribution in [-0.4, -0.2) is 51.1 Å². The summed E-state index contributed by atoms with van der Waals surface area (Å²) in [6.07, 6.45) is 2.00. The summed E-state index contributed by atoms with van der Waals surface area (Å²) in [5.74, 6) is 0.916. The molecule has 3 rings (SSSR count). The number of aromatic nitrogens is 1. The van der Waals surface area contributed by atoms with E-state index in [9.17, 15) is 13.2 Å². The average molecular weight is 407 g/mol. The van der Waals surface area contributed by atoms with Crippen LogP contribution < -0.4 is 9.46 Å². The van der Waals surface area contributed by atoms with E-state index >= 15 is 0 Å². The number of hydrogen-bond donors (Lipinski definition) is 1. The summed E-state index contributed by atoms with van der Waals surface area (Å²) < 4.78 is 38.8. The van der Waals surface area contributed by atoms with Crippen LogP contribution in [0.25, 0.3) is 11.3 Å². The molecule has 1 fully saturated rings. The summed E-state index contributed by atoms with van der Waals surface area (Å²) in [4.78, 5) is 13.4. The molecular formula is C19H25N3O5S. The number of sulfonamides is 1. The molecule has 1 N–H and O–H groups in total. The van der Waals surface area contributed by atoms with E-state index in [2.05, 4.69) is 9.88 Å². The van der Waals surface area contributed by atoms with Crippen molar-refractivity contribution < 1.29 is 22.5 Å². The first-order valence-electron chi connectivity index (χ1n) is 9.22. The maximum Gasteiger partial charge on any atom is 0.244 e.